The fraction of sp³-hybridized carbons (Fsp3) is 0.136. The Hall–Kier alpha value is -3.07. The molecule has 4 aromatic rings. The lowest BCUT2D eigenvalue weighted by Crippen LogP contribution is -2.08. The summed E-state index contributed by atoms with van der Waals surface area (Å²) in [7, 11) is 1.68. The van der Waals surface area contributed by atoms with Crippen molar-refractivity contribution in [3.8, 4) is 17.1 Å². The van der Waals surface area contributed by atoms with E-state index >= 15 is 0 Å². The topological polar surface area (TPSA) is 27.1 Å². The summed E-state index contributed by atoms with van der Waals surface area (Å²) in [4.78, 5) is 4.91. The van der Waals surface area contributed by atoms with Gasteiger partial charge in [0.15, 0.2) is 0 Å². The minimum Gasteiger partial charge on any atom is -0.497 e. The predicted molar refractivity (Wildman–Crippen MR) is 102 cm³/mol. The van der Waals surface area contributed by atoms with Gasteiger partial charge in [-0.05, 0) is 48.9 Å². The first-order chi connectivity index (χ1) is 12.3. The van der Waals surface area contributed by atoms with Crippen LogP contribution in [0.4, 0.5) is 0 Å². The molecule has 0 amide bonds. The molecule has 0 saturated heterocycles. The molecule has 3 nitrogen and oxygen atoms in total. The van der Waals surface area contributed by atoms with Crippen LogP contribution in [0.3, 0.4) is 0 Å². The fourth-order valence-electron chi connectivity index (χ4n) is 3.26. The molecular weight excluding hydrogens is 308 g/mol. The number of benzene rings is 3. The van der Waals surface area contributed by atoms with Gasteiger partial charge in [-0.1, -0.05) is 42.5 Å². The molecule has 0 aliphatic rings. The van der Waals surface area contributed by atoms with Gasteiger partial charge in [0.05, 0.1) is 24.2 Å². The summed E-state index contributed by atoms with van der Waals surface area (Å²) in [5, 5.41) is 0. The van der Waals surface area contributed by atoms with E-state index in [9.17, 15) is 0 Å². The van der Waals surface area contributed by atoms with Gasteiger partial charge in [-0.25, -0.2) is 4.98 Å². The number of aromatic nitrogens is 2. The molecule has 0 spiro atoms. The maximum absolute atomic E-state index is 5.28. The second-order valence-corrected chi connectivity index (χ2v) is 6.11. The summed E-state index contributed by atoms with van der Waals surface area (Å²) in [5.74, 6) is 1.82. The van der Waals surface area contributed by atoms with Gasteiger partial charge in [0, 0.05) is 5.56 Å². The monoisotopic (exact) mass is 328 g/mol. The van der Waals surface area contributed by atoms with Crippen molar-refractivity contribution in [2.45, 2.75) is 13.0 Å². The van der Waals surface area contributed by atoms with Gasteiger partial charge < -0.3 is 9.30 Å². The van der Waals surface area contributed by atoms with Crippen LogP contribution < -0.4 is 4.74 Å². The zero-order chi connectivity index (χ0) is 17.2. The first kappa shape index (κ1) is 15.5. The Morgan fingerprint density at radius 2 is 1.52 bits per heavy atom. The van der Waals surface area contributed by atoms with Crippen molar-refractivity contribution >= 4 is 11.0 Å². The summed E-state index contributed by atoms with van der Waals surface area (Å²) in [6.07, 6.45) is 0. The molecule has 124 valence electrons. The highest BCUT2D eigenvalue weighted by Gasteiger charge is 2.18. The SMILES string of the molecule is COc1ccc(-c2nc3ccccc3n2[C@@H](C)c2ccccc2)cc1. The summed E-state index contributed by atoms with van der Waals surface area (Å²) >= 11 is 0. The van der Waals surface area contributed by atoms with Crippen LogP contribution in [0, 0.1) is 0 Å². The van der Waals surface area contributed by atoms with E-state index < -0.39 is 0 Å². The Balaban J connectivity index is 1.91. The molecule has 0 saturated carbocycles. The number of nitrogens with zero attached hydrogens (tertiary/aromatic N) is 2. The third kappa shape index (κ3) is 2.78. The number of hydrogen-bond acceptors (Lipinski definition) is 2. The molecule has 1 atom stereocenters. The molecule has 3 heteroatoms. The lowest BCUT2D eigenvalue weighted by Gasteiger charge is -2.18. The quantitative estimate of drug-likeness (QED) is 0.507. The Labute approximate surface area is 147 Å². The highest BCUT2D eigenvalue weighted by Crippen LogP contribution is 2.32. The van der Waals surface area contributed by atoms with Gasteiger partial charge in [-0.2, -0.15) is 0 Å². The third-order valence-corrected chi connectivity index (χ3v) is 4.61. The van der Waals surface area contributed by atoms with Crippen LogP contribution in [0.1, 0.15) is 18.5 Å². The predicted octanol–water partition coefficient (Wildman–Crippen LogP) is 5.32. The zero-order valence-electron chi connectivity index (χ0n) is 14.4. The van der Waals surface area contributed by atoms with E-state index in [1.165, 1.54) is 5.56 Å². The third-order valence-electron chi connectivity index (χ3n) is 4.61. The molecule has 1 heterocycles. The van der Waals surface area contributed by atoms with Crippen molar-refractivity contribution in [2.75, 3.05) is 7.11 Å². The summed E-state index contributed by atoms with van der Waals surface area (Å²) in [5.41, 5.74) is 4.50. The van der Waals surface area contributed by atoms with E-state index in [0.717, 1.165) is 28.2 Å². The van der Waals surface area contributed by atoms with Crippen LogP contribution in [0.15, 0.2) is 78.9 Å². The highest BCUT2D eigenvalue weighted by atomic mass is 16.5. The van der Waals surface area contributed by atoms with Crippen molar-refractivity contribution < 1.29 is 4.74 Å². The average Bonchev–Trinajstić information content (AvgIpc) is 3.07. The van der Waals surface area contributed by atoms with Crippen LogP contribution in [0.5, 0.6) is 5.75 Å². The molecule has 0 unspecified atom stereocenters. The first-order valence-corrected chi connectivity index (χ1v) is 8.44. The van der Waals surface area contributed by atoms with Gasteiger partial charge in [0.25, 0.3) is 0 Å². The van der Waals surface area contributed by atoms with Gasteiger partial charge in [0.2, 0.25) is 0 Å². The maximum Gasteiger partial charge on any atom is 0.141 e. The molecule has 0 aliphatic carbocycles. The highest BCUT2D eigenvalue weighted by molar-refractivity contribution is 5.81. The molecule has 4 rings (SSSR count). The summed E-state index contributed by atoms with van der Waals surface area (Å²) in [6.45, 7) is 2.22. The van der Waals surface area contributed by atoms with E-state index in [-0.39, 0.29) is 6.04 Å². The second kappa shape index (κ2) is 6.44. The maximum atomic E-state index is 5.28. The normalized spacial score (nSPS) is 12.2. The molecule has 0 aliphatic heterocycles. The van der Waals surface area contributed by atoms with Crippen molar-refractivity contribution in [3.05, 3.63) is 84.4 Å². The lowest BCUT2D eigenvalue weighted by molar-refractivity contribution is 0.415. The number of methoxy groups -OCH3 is 1. The van der Waals surface area contributed by atoms with Crippen molar-refractivity contribution in [1.29, 1.82) is 0 Å². The molecule has 0 fully saturated rings. The van der Waals surface area contributed by atoms with E-state index in [1.54, 1.807) is 7.11 Å². The second-order valence-electron chi connectivity index (χ2n) is 6.11. The molecule has 0 bridgehead atoms. The van der Waals surface area contributed by atoms with Crippen LogP contribution in [-0.4, -0.2) is 16.7 Å². The Kier molecular flexibility index (Phi) is 3.98. The number of para-hydroxylation sites is 2. The van der Waals surface area contributed by atoms with Gasteiger partial charge >= 0.3 is 0 Å². The van der Waals surface area contributed by atoms with E-state index in [4.69, 9.17) is 9.72 Å². The van der Waals surface area contributed by atoms with Crippen LogP contribution in [0.2, 0.25) is 0 Å². The number of hydrogen-bond donors (Lipinski definition) is 0. The molecule has 3 aromatic carbocycles. The first-order valence-electron chi connectivity index (χ1n) is 8.44. The van der Waals surface area contributed by atoms with Crippen LogP contribution in [0.25, 0.3) is 22.4 Å². The van der Waals surface area contributed by atoms with Crippen LogP contribution in [-0.2, 0) is 0 Å². The van der Waals surface area contributed by atoms with Crippen molar-refractivity contribution in [1.82, 2.24) is 9.55 Å². The number of fused-ring (bicyclic) bond motifs is 1. The molecule has 0 radical (unpaired) electrons. The number of imidazole rings is 1. The Bertz CT molecular complexity index is 988. The largest absolute Gasteiger partial charge is 0.497 e. The smallest absolute Gasteiger partial charge is 0.141 e. The fourth-order valence-corrected chi connectivity index (χ4v) is 3.26. The number of rotatable bonds is 4. The molecule has 0 N–H and O–H groups in total. The molecule has 1 aromatic heterocycles. The van der Waals surface area contributed by atoms with Gasteiger partial charge in [-0.15, -0.1) is 0 Å². The minimum atomic E-state index is 0.186. The molecule has 25 heavy (non-hydrogen) atoms. The van der Waals surface area contributed by atoms with Crippen molar-refractivity contribution in [3.63, 3.8) is 0 Å². The minimum absolute atomic E-state index is 0.186. The van der Waals surface area contributed by atoms with E-state index in [1.807, 2.05) is 24.3 Å². The molecular formula is C22H20N2O. The van der Waals surface area contributed by atoms with E-state index in [0.29, 0.717) is 0 Å². The van der Waals surface area contributed by atoms with E-state index in [2.05, 4.69) is 66.1 Å². The lowest BCUT2D eigenvalue weighted by atomic mass is 10.1. The Morgan fingerprint density at radius 1 is 0.840 bits per heavy atom. The summed E-state index contributed by atoms with van der Waals surface area (Å²) < 4.78 is 7.60. The van der Waals surface area contributed by atoms with Gasteiger partial charge in [0.1, 0.15) is 11.6 Å². The van der Waals surface area contributed by atoms with Crippen molar-refractivity contribution in [2.24, 2.45) is 0 Å². The number of ether oxygens (including phenoxy) is 1. The van der Waals surface area contributed by atoms with Gasteiger partial charge in [-0.3, -0.25) is 0 Å². The standard InChI is InChI=1S/C22H20N2O/c1-16(17-8-4-3-5-9-17)24-21-11-7-6-10-20(21)23-22(24)18-12-14-19(25-2)15-13-18/h3-16H,1-2H3/t16-/m0/s1. The Morgan fingerprint density at radius 3 is 2.24 bits per heavy atom. The summed E-state index contributed by atoms with van der Waals surface area (Å²) in [6, 6.07) is 27.1. The van der Waals surface area contributed by atoms with Crippen LogP contribution >= 0.6 is 0 Å². The zero-order valence-corrected chi connectivity index (χ0v) is 14.4. The average molecular weight is 328 g/mol.